The molecule has 13 heavy (non-hydrogen) atoms. The molecule has 0 spiro atoms. The van der Waals surface area contributed by atoms with E-state index < -0.39 is 0 Å². The Balaban J connectivity index is 2.76. The Labute approximate surface area is 84.4 Å². The third kappa shape index (κ3) is 3.31. The Hall–Kier alpha value is -0.630. The predicted octanol–water partition coefficient (Wildman–Crippen LogP) is 3.04. The van der Waals surface area contributed by atoms with Crippen LogP contribution in [0.3, 0.4) is 0 Å². The van der Waals surface area contributed by atoms with E-state index in [1.54, 1.807) is 0 Å². The number of unbranched alkanes of at least 4 members (excludes halogenated alkanes) is 1. The van der Waals surface area contributed by atoms with Crippen molar-refractivity contribution in [1.29, 1.82) is 0 Å². The molecule has 1 aromatic heterocycles. The molecule has 0 unspecified atom stereocenters. The molecule has 1 rings (SSSR count). The molecule has 0 atom stereocenters. The number of aryl methyl sites for hydroxylation is 2. The maximum atomic E-state index is 5.86. The summed E-state index contributed by atoms with van der Waals surface area (Å²) in [5.74, 6) is 0.846. The van der Waals surface area contributed by atoms with Gasteiger partial charge in [0.15, 0.2) is 0 Å². The van der Waals surface area contributed by atoms with Crippen molar-refractivity contribution in [2.24, 2.45) is 0 Å². The summed E-state index contributed by atoms with van der Waals surface area (Å²) in [6.45, 7) is 4.21. The van der Waals surface area contributed by atoms with Gasteiger partial charge in [0.25, 0.3) is 0 Å². The molecule has 2 nitrogen and oxygen atoms in total. The molecule has 0 aliphatic rings. The molecule has 3 heteroatoms. The van der Waals surface area contributed by atoms with E-state index in [-0.39, 0.29) is 0 Å². The molecule has 1 aromatic rings. The number of aromatic nitrogens is 2. The summed E-state index contributed by atoms with van der Waals surface area (Å²) in [6, 6.07) is 1.86. The van der Waals surface area contributed by atoms with Gasteiger partial charge in [0, 0.05) is 12.1 Å². The highest BCUT2D eigenvalue weighted by molar-refractivity contribution is 6.29. The minimum Gasteiger partial charge on any atom is -0.238 e. The number of nitrogens with zero attached hydrogens (tertiary/aromatic N) is 2. The fourth-order valence-corrected chi connectivity index (χ4v) is 1.38. The second-order valence-corrected chi connectivity index (χ2v) is 3.44. The zero-order valence-corrected chi connectivity index (χ0v) is 8.93. The van der Waals surface area contributed by atoms with Gasteiger partial charge in [-0.15, -0.1) is 0 Å². The highest BCUT2D eigenvalue weighted by Crippen LogP contribution is 2.10. The first-order valence-electron chi connectivity index (χ1n) is 4.78. The highest BCUT2D eigenvalue weighted by atomic mass is 35.5. The normalized spacial score (nSPS) is 10.4. The molecule has 0 aliphatic carbocycles. The van der Waals surface area contributed by atoms with Crippen LogP contribution in [0.1, 0.15) is 38.2 Å². The number of rotatable bonds is 4. The minimum absolute atomic E-state index is 0.568. The van der Waals surface area contributed by atoms with Crippen molar-refractivity contribution in [3.8, 4) is 0 Å². The van der Waals surface area contributed by atoms with Gasteiger partial charge in [0.2, 0.25) is 0 Å². The number of halogens is 1. The van der Waals surface area contributed by atoms with E-state index in [4.69, 9.17) is 11.6 Å². The Bertz CT molecular complexity index is 274. The van der Waals surface area contributed by atoms with Crippen LogP contribution >= 0.6 is 11.6 Å². The molecular formula is C10H15ClN2. The SMILES string of the molecule is CCCCc1cc(Cl)nc(CC)n1. The summed E-state index contributed by atoms with van der Waals surface area (Å²) >= 11 is 5.86. The summed E-state index contributed by atoms with van der Waals surface area (Å²) in [5.41, 5.74) is 1.07. The average molecular weight is 199 g/mol. The Kier molecular flexibility index (Phi) is 4.16. The monoisotopic (exact) mass is 198 g/mol. The highest BCUT2D eigenvalue weighted by Gasteiger charge is 2.00. The summed E-state index contributed by atoms with van der Waals surface area (Å²) in [5, 5.41) is 0.568. The van der Waals surface area contributed by atoms with E-state index in [2.05, 4.69) is 16.9 Å². The number of hydrogen-bond acceptors (Lipinski definition) is 2. The van der Waals surface area contributed by atoms with Crippen molar-refractivity contribution in [3.63, 3.8) is 0 Å². The largest absolute Gasteiger partial charge is 0.238 e. The van der Waals surface area contributed by atoms with Crippen LogP contribution < -0.4 is 0 Å². The Morgan fingerprint density at radius 1 is 1.31 bits per heavy atom. The van der Waals surface area contributed by atoms with Crippen LogP contribution in [-0.4, -0.2) is 9.97 Å². The van der Waals surface area contributed by atoms with Gasteiger partial charge in [-0.2, -0.15) is 0 Å². The van der Waals surface area contributed by atoms with Crippen molar-refractivity contribution in [2.45, 2.75) is 39.5 Å². The molecule has 0 radical (unpaired) electrons. The van der Waals surface area contributed by atoms with E-state index in [0.29, 0.717) is 5.15 Å². The molecule has 0 aromatic carbocycles. The van der Waals surface area contributed by atoms with Crippen molar-refractivity contribution in [1.82, 2.24) is 9.97 Å². The first-order chi connectivity index (χ1) is 6.26. The molecule has 0 fully saturated rings. The van der Waals surface area contributed by atoms with E-state index >= 15 is 0 Å². The summed E-state index contributed by atoms with van der Waals surface area (Å²) in [6.07, 6.45) is 4.20. The van der Waals surface area contributed by atoms with Gasteiger partial charge in [-0.3, -0.25) is 0 Å². The van der Waals surface area contributed by atoms with Crippen LogP contribution in [0.2, 0.25) is 5.15 Å². The van der Waals surface area contributed by atoms with Gasteiger partial charge in [-0.1, -0.05) is 31.9 Å². The second-order valence-electron chi connectivity index (χ2n) is 3.06. The second kappa shape index (κ2) is 5.18. The van der Waals surface area contributed by atoms with Gasteiger partial charge in [0.05, 0.1) is 0 Å². The molecule has 0 amide bonds. The lowest BCUT2D eigenvalue weighted by atomic mass is 10.2. The first-order valence-corrected chi connectivity index (χ1v) is 5.16. The van der Waals surface area contributed by atoms with E-state index in [0.717, 1.165) is 30.8 Å². The van der Waals surface area contributed by atoms with E-state index in [1.807, 2.05) is 13.0 Å². The standard InChI is InChI=1S/C10H15ClN2/c1-3-5-6-8-7-9(11)13-10(4-2)12-8/h7H,3-6H2,1-2H3. The summed E-state index contributed by atoms with van der Waals surface area (Å²) in [4.78, 5) is 8.51. The molecule has 0 saturated heterocycles. The van der Waals surface area contributed by atoms with Gasteiger partial charge in [-0.05, 0) is 18.9 Å². The molecular weight excluding hydrogens is 184 g/mol. The van der Waals surface area contributed by atoms with Gasteiger partial charge in [0.1, 0.15) is 11.0 Å². The maximum Gasteiger partial charge on any atom is 0.133 e. The molecule has 0 bridgehead atoms. The smallest absolute Gasteiger partial charge is 0.133 e. The topological polar surface area (TPSA) is 25.8 Å². The molecule has 0 N–H and O–H groups in total. The zero-order valence-electron chi connectivity index (χ0n) is 8.18. The third-order valence-electron chi connectivity index (χ3n) is 1.90. The zero-order chi connectivity index (χ0) is 9.68. The van der Waals surface area contributed by atoms with Gasteiger partial charge in [-0.25, -0.2) is 9.97 Å². The predicted molar refractivity (Wildman–Crippen MR) is 55.0 cm³/mol. The van der Waals surface area contributed by atoms with Crippen LogP contribution in [0, 0.1) is 0 Å². The van der Waals surface area contributed by atoms with Crippen LogP contribution in [0.15, 0.2) is 6.07 Å². The van der Waals surface area contributed by atoms with Crippen molar-refractivity contribution in [2.75, 3.05) is 0 Å². The molecule has 72 valence electrons. The van der Waals surface area contributed by atoms with E-state index in [1.165, 1.54) is 6.42 Å². The van der Waals surface area contributed by atoms with Crippen LogP contribution in [0.4, 0.5) is 0 Å². The van der Waals surface area contributed by atoms with Crippen LogP contribution in [0.25, 0.3) is 0 Å². The average Bonchev–Trinajstić information content (AvgIpc) is 2.14. The summed E-state index contributed by atoms with van der Waals surface area (Å²) in [7, 11) is 0. The molecule has 0 aliphatic heterocycles. The number of hydrogen-bond donors (Lipinski definition) is 0. The third-order valence-corrected chi connectivity index (χ3v) is 2.09. The maximum absolute atomic E-state index is 5.86. The lowest BCUT2D eigenvalue weighted by Crippen LogP contribution is -1.98. The molecule has 0 saturated carbocycles. The fourth-order valence-electron chi connectivity index (χ4n) is 1.16. The lowest BCUT2D eigenvalue weighted by molar-refractivity contribution is 0.761. The van der Waals surface area contributed by atoms with Crippen LogP contribution in [0.5, 0.6) is 0 Å². The van der Waals surface area contributed by atoms with Crippen LogP contribution in [-0.2, 0) is 12.8 Å². The Morgan fingerprint density at radius 3 is 2.69 bits per heavy atom. The van der Waals surface area contributed by atoms with E-state index in [9.17, 15) is 0 Å². The Morgan fingerprint density at radius 2 is 2.08 bits per heavy atom. The van der Waals surface area contributed by atoms with Crippen molar-refractivity contribution < 1.29 is 0 Å². The fraction of sp³-hybridized carbons (Fsp3) is 0.600. The summed E-state index contributed by atoms with van der Waals surface area (Å²) < 4.78 is 0. The molecule has 1 heterocycles. The van der Waals surface area contributed by atoms with Gasteiger partial charge < -0.3 is 0 Å². The van der Waals surface area contributed by atoms with Crippen molar-refractivity contribution in [3.05, 3.63) is 22.7 Å². The lowest BCUT2D eigenvalue weighted by Gasteiger charge is -2.02. The van der Waals surface area contributed by atoms with Gasteiger partial charge >= 0.3 is 0 Å². The van der Waals surface area contributed by atoms with Crippen molar-refractivity contribution >= 4 is 11.6 Å². The quantitative estimate of drug-likeness (QED) is 0.696. The minimum atomic E-state index is 0.568. The first kappa shape index (κ1) is 10.5.